The van der Waals surface area contributed by atoms with Gasteiger partial charge in [0.2, 0.25) is 5.91 Å². The SMILES string of the molecule is CCCC(C)C(=O)Nc1ccc(OC(F)F)c(Cl)c1. The monoisotopic (exact) mass is 291 g/mol. The molecule has 0 heterocycles. The van der Waals surface area contributed by atoms with Crippen LogP contribution in [0.1, 0.15) is 26.7 Å². The van der Waals surface area contributed by atoms with Crippen LogP contribution < -0.4 is 10.1 Å². The first-order valence-corrected chi connectivity index (χ1v) is 6.37. The second-order valence-electron chi connectivity index (χ2n) is 4.20. The fourth-order valence-corrected chi connectivity index (χ4v) is 1.82. The molecule has 0 spiro atoms. The molecule has 0 aliphatic heterocycles. The molecular formula is C13H16ClF2NO2. The molecule has 1 amide bonds. The summed E-state index contributed by atoms with van der Waals surface area (Å²) in [4.78, 5) is 11.8. The minimum atomic E-state index is -2.93. The Hall–Kier alpha value is -1.36. The summed E-state index contributed by atoms with van der Waals surface area (Å²) in [5.41, 5.74) is 0.458. The third-order valence-electron chi connectivity index (χ3n) is 2.58. The molecular weight excluding hydrogens is 276 g/mol. The Kier molecular flexibility index (Phi) is 6.02. The highest BCUT2D eigenvalue weighted by atomic mass is 35.5. The lowest BCUT2D eigenvalue weighted by Crippen LogP contribution is -2.20. The van der Waals surface area contributed by atoms with Gasteiger partial charge in [0.25, 0.3) is 0 Å². The van der Waals surface area contributed by atoms with Gasteiger partial charge in [-0.05, 0) is 24.6 Å². The summed E-state index contributed by atoms with van der Waals surface area (Å²) in [5.74, 6) is -0.350. The van der Waals surface area contributed by atoms with Gasteiger partial charge in [0.1, 0.15) is 5.75 Å². The van der Waals surface area contributed by atoms with E-state index in [1.54, 1.807) is 0 Å². The number of amides is 1. The van der Waals surface area contributed by atoms with E-state index in [1.165, 1.54) is 18.2 Å². The van der Waals surface area contributed by atoms with Crippen molar-refractivity contribution in [3.05, 3.63) is 23.2 Å². The van der Waals surface area contributed by atoms with Crippen molar-refractivity contribution in [2.24, 2.45) is 5.92 Å². The predicted octanol–water partition coefficient (Wildman–Crippen LogP) is 4.32. The lowest BCUT2D eigenvalue weighted by atomic mass is 10.1. The first kappa shape index (κ1) is 15.7. The number of rotatable bonds is 6. The molecule has 0 fully saturated rings. The zero-order chi connectivity index (χ0) is 14.4. The van der Waals surface area contributed by atoms with Gasteiger partial charge in [-0.2, -0.15) is 8.78 Å². The van der Waals surface area contributed by atoms with Crippen molar-refractivity contribution in [3.8, 4) is 5.75 Å². The lowest BCUT2D eigenvalue weighted by molar-refractivity contribution is -0.119. The average molecular weight is 292 g/mol. The molecule has 1 rings (SSSR count). The Morgan fingerprint density at radius 1 is 1.47 bits per heavy atom. The zero-order valence-corrected chi connectivity index (χ0v) is 11.5. The number of hydrogen-bond acceptors (Lipinski definition) is 2. The van der Waals surface area contributed by atoms with Crippen LogP contribution in [0.15, 0.2) is 18.2 Å². The summed E-state index contributed by atoms with van der Waals surface area (Å²) in [5, 5.41) is 2.71. The van der Waals surface area contributed by atoms with E-state index < -0.39 is 6.61 Å². The smallest absolute Gasteiger partial charge is 0.387 e. The number of ether oxygens (including phenoxy) is 1. The van der Waals surface area contributed by atoms with Crippen molar-refractivity contribution in [2.45, 2.75) is 33.3 Å². The van der Waals surface area contributed by atoms with Gasteiger partial charge in [-0.1, -0.05) is 31.9 Å². The second kappa shape index (κ2) is 7.28. The van der Waals surface area contributed by atoms with E-state index in [2.05, 4.69) is 10.1 Å². The van der Waals surface area contributed by atoms with Crippen molar-refractivity contribution in [3.63, 3.8) is 0 Å². The standard InChI is InChI=1S/C13H16ClF2NO2/c1-3-4-8(2)12(18)17-9-5-6-11(10(14)7-9)19-13(15)16/h5-8,13H,3-4H2,1-2H3,(H,17,18). The number of hydrogen-bond donors (Lipinski definition) is 1. The summed E-state index contributed by atoms with van der Waals surface area (Å²) in [7, 11) is 0. The van der Waals surface area contributed by atoms with Crippen LogP contribution in [0.4, 0.5) is 14.5 Å². The van der Waals surface area contributed by atoms with Gasteiger partial charge in [0, 0.05) is 11.6 Å². The Balaban J connectivity index is 2.70. The number of carbonyl (C=O) groups excluding carboxylic acids is 1. The van der Waals surface area contributed by atoms with Crippen LogP contribution in [0, 0.1) is 5.92 Å². The van der Waals surface area contributed by atoms with Gasteiger partial charge >= 0.3 is 6.61 Å². The van der Waals surface area contributed by atoms with E-state index in [-0.39, 0.29) is 22.6 Å². The van der Waals surface area contributed by atoms with E-state index >= 15 is 0 Å². The number of nitrogens with one attached hydrogen (secondary N) is 1. The molecule has 19 heavy (non-hydrogen) atoms. The number of benzene rings is 1. The molecule has 6 heteroatoms. The van der Waals surface area contributed by atoms with Crippen LogP contribution >= 0.6 is 11.6 Å². The molecule has 1 atom stereocenters. The molecule has 106 valence electrons. The van der Waals surface area contributed by atoms with Crippen LogP contribution in [-0.2, 0) is 4.79 Å². The Morgan fingerprint density at radius 2 is 2.16 bits per heavy atom. The molecule has 1 unspecified atom stereocenters. The maximum absolute atomic E-state index is 12.1. The highest BCUT2D eigenvalue weighted by Crippen LogP contribution is 2.29. The minimum Gasteiger partial charge on any atom is -0.433 e. The Bertz CT molecular complexity index is 441. The fourth-order valence-electron chi connectivity index (χ4n) is 1.60. The highest BCUT2D eigenvalue weighted by molar-refractivity contribution is 6.32. The fraction of sp³-hybridized carbons (Fsp3) is 0.462. The van der Waals surface area contributed by atoms with Crippen LogP contribution in [0.5, 0.6) is 5.75 Å². The van der Waals surface area contributed by atoms with Crippen molar-refractivity contribution in [1.29, 1.82) is 0 Å². The first-order valence-electron chi connectivity index (χ1n) is 5.99. The quantitative estimate of drug-likeness (QED) is 0.848. The van der Waals surface area contributed by atoms with Gasteiger partial charge in [0.15, 0.2) is 0 Å². The maximum Gasteiger partial charge on any atom is 0.387 e. The molecule has 0 saturated carbocycles. The summed E-state index contributed by atoms with van der Waals surface area (Å²) in [6, 6.07) is 4.16. The molecule has 3 nitrogen and oxygen atoms in total. The minimum absolute atomic E-state index is 0.0289. The largest absolute Gasteiger partial charge is 0.433 e. The van der Waals surface area contributed by atoms with Crippen molar-refractivity contribution in [2.75, 3.05) is 5.32 Å². The molecule has 0 bridgehead atoms. The third kappa shape index (κ3) is 5.03. The Morgan fingerprint density at radius 3 is 2.68 bits per heavy atom. The van der Waals surface area contributed by atoms with E-state index in [0.717, 1.165) is 12.8 Å². The molecule has 0 radical (unpaired) electrons. The van der Waals surface area contributed by atoms with Gasteiger partial charge in [-0.15, -0.1) is 0 Å². The molecule has 0 saturated heterocycles. The van der Waals surface area contributed by atoms with Crippen LogP contribution in [0.2, 0.25) is 5.02 Å². The normalized spacial score (nSPS) is 12.3. The summed E-state index contributed by atoms with van der Waals surface area (Å²) in [6.07, 6.45) is 1.70. The van der Waals surface area contributed by atoms with Gasteiger partial charge in [-0.3, -0.25) is 4.79 Å². The topological polar surface area (TPSA) is 38.3 Å². The molecule has 0 aliphatic carbocycles. The molecule has 0 aliphatic rings. The molecule has 0 aromatic heterocycles. The van der Waals surface area contributed by atoms with Crippen LogP contribution in [0.25, 0.3) is 0 Å². The molecule has 1 N–H and O–H groups in total. The number of alkyl halides is 2. The number of carbonyl (C=O) groups is 1. The van der Waals surface area contributed by atoms with E-state index in [1.807, 2.05) is 13.8 Å². The summed E-state index contributed by atoms with van der Waals surface area (Å²) >= 11 is 5.79. The number of anilines is 1. The molecule has 1 aromatic carbocycles. The van der Waals surface area contributed by atoms with E-state index in [4.69, 9.17) is 11.6 Å². The van der Waals surface area contributed by atoms with Crippen LogP contribution in [-0.4, -0.2) is 12.5 Å². The van der Waals surface area contributed by atoms with Crippen molar-refractivity contribution in [1.82, 2.24) is 0 Å². The van der Waals surface area contributed by atoms with Gasteiger partial charge < -0.3 is 10.1 Å². The summed E-state index contributed by atoms with van der Waals surface area (Å²) in [6.45, 7) is 0.897. The highest BCUT2D eigenvalue weighted by Gasteiger charge is 2.13. The lowest BCUT2D eigenvalue weighted by Gasteiger charge is -2.12. The first-order chi connectivity index (χ1) is 8.93. The predicted molar refractivity (Wildman–Crippen MR) is 70.8 cm³/mol. The summed E-state index contributed by atoms with van der Waals surface area (Å²) < 4.78 is 28.3. The van der Waals surface area contributed by atoms with Crippen LogP contribution in [0.3, 0.4) is 0 Å². The molecule has 1 aromatic rings. The second-order valence-corrected chi connectivity index (χ2v) is 4.61. The Labute approximate surface area is 115 Å². The maximum atomic E-state index is 12.1. The number of halogens is 3. The van der Waals surface area contributed by atoms with E-state index in [9.17, 15) is 13.6 Å². The van der Waals surface area contributed by atoms with Crippen molar-refractivity contribution < 1.29 is 18.3 Å². The van der Waals surface area contributed by atoms with Gasteiger partial charge in [-0.25, -0.2) is 0 Å². The average Bonchev–Trinajstić information content (AvgIpc) is 2.32. The van der Waals surface area contributed by atoms with Gasteiger partial charge in [0.05, 0.1) is 5.02 Å². The zero-order valence-electron chi connectivity index (χ0n) is 10.8. The van der Waals surface area contributed by atoms with Crippen molar-refractivity contribution >= 4 is 23.2 Å². The third-order valence-corrected chi connectivity index (χ3v) is 2.88. The van der Waals surface area contributed by atoms with E-state index in [0.29, 0.717) is 5.69 Å².